The van der Waals surface area contributed by atoms with Gasteiger partial charge < -0.3 is 29.1 Å². The summed E-state index contributed by atoms with van der Waals surface area (Å²) in [6, 6.07) is 18.0. The van der Waals surface area contributed by atoms with Crippen LogP contribution in [0.2, 0.25) is 0 Å². The molecular formula is C39H40N12O4. The van der Waals surface area contributed by atoms with Crippen LogP contribution in [0.1, 0.15) is 28.7 Å². The van der Waals surface area contributed by atoms with Crippen LogP contribution >= 0.6 is 0 Å². The number of nitrogens with zero attached hydrogens (tertiary/aromatic N) is 12. The predicted molar refractivity (Wildman–Crippen MR) is 203 cm³/mol. The first-order valence-electron chi connectivity index (χ1n) is 18.5. The van der Waals surface area contributed by atoms with Gasteiger partial charge in [-0.15, -0.1) is 0 Å². The van der Waals surface area contributed by atoms with Crippen molar-refractivity contribution in [2.75, 3.05) is 75.6 Å². The summed E-state index contributed by atoms with van der Waals surface area (Å²) >= 11 is 0. The van der Waals surface area contributed by atoms with Gasteiger partial charge in [0, 0.05) is 81.5 Å². The van der Waals surface area contributed by atoms with Crippen molar-refractivity contribution in [3.8, 4) is 22.5 Å². The van der Waals surface area contributed by atoms with Gasteiger partial charge in [0.25, 0.3) is 0 Å². The monoisotopic (exact) mass is 740 g/mol. The molecule has 0 amide bonds. The largest absolute Gasteiger partial charge is 0.396 e. The van der Waals surface area contributed by atoms with Crippen LogP contribution < -0.4 is 9.80 Å². The predicted octanol–water partition coefficient (Wildman–Crippen LogP) is 3.24. The molecule has 0 saturated carbocycles. The molecule has 1 atom stereocenters. The molecule has 10 rings (SSSR count). The zero-order chi connectivity index (χ0) is 37.0. The number of hydrogen-bond donors (Lipinski definition) is 1. The standard InChI is InChI=1S/C23H22N6O2.C16H18N6O2/c1-2-4-16(5-3-1)22-21-19(8-11-31-22)26-20-7-6-18(27-29(20)21)17-14-24-23(25-15-17)28-9-12-30-13-10-28;23-6-3-13-11-22-15(19-13)2-1-14(20-22)12-9-17-16(18-10-12)21-4-7-24-8-5-21/h1-7,14-15,22H,8-13H2;1-2,9-11,23H,3-8H2. The van der Waals surface area contributed by atoms with Gasteiger partial charge in [0.05, 0.1) is 67.7 Å². The maximum Gasteiger partial charge on any atom is 0.225 e. The quantitative estimate of drug-likeness (QED) is 0.253. The third-order valence-corrected chi connectivity index (χ3v) is 9.76. The molecule has 3 aliphatic heterocycles. The molecule has 6 aromatic heterocycles. The van der Waals surface area contributed by atoms with Gasteiger partial charge in [0.1, 0.15) is 6.10 Å². The minimum Gasteiger partial charge on any atom is -0.396 e. The Kier molecular flexibility index (Phi) is 10.0. The van der Waals surface area contributed by atoms with Gasteiger partial charge in [-0.05, 0) is 29.8 Å². The van der Waals surface area contributed by atoms with E-state index < -0.39 is 0 Å². The number of hydrogen-bond acceptors (Lipinski definition) is 14. The van der Waals surface area contributed by atoms with E-state index >= 15 is 0 Å². The Hall–Kier alpha value is -5.94. The summed E-state index contributed by atoms with van der Waals surface area (Å²) in [4.78, 5) is 31.5. The molecule has 280 valence electrons. The van der Waals surface area contributed by atoms with Crippen molar-refractivity contribution in [2.24, 2.45) is 0 Å². The number of ether oxygens (including phenoxy) is 3. The van der Waals surface area contributed by atoms with E-state index in [1.54, 1.807) is 16.9 Å². The second kappa shape index (κ2) is 15.8. The van der Waals surface area contributed by atoms with E-state index in [4.69, 9.17) is 29.4 Å². The highest BCUT2D eigenvalue weighted by Crippen LogP contribution is 2.33. The van der Waals surface area contributed by atoms with Crippen molar-refractivity contribution in [2.45, 2.75) is 18.9 Å². The summed E-state index contributed by atoms with van der Waals surface area (Å²) in [6.45, 7) is 6.81. The van der Waals surface area contributed by atoms with Crippen molar-refractivity contribution in [1.29, 1.82) is 0 Å². The van der Waals surface area contributed by atoms with Gasteiger partial charge in [-0.25, -0.2) is 38.9 Å². The fourth-order valence-electron chi connectivity index (χ4n) is 6.91. The zero-order valence-corrected chi connectivity index (χ0v) is 30.2. The summed E-state index contributed by atoms with van der Waals surface area (Å²) in [5.41, 5.74) is 8.86. The number of rotatable bonds is 7. The molecule has 0 aliphatic carbocycles. The summed E-state index contributed by atoms with van der Waals surface area (Å²) < 4.78 is 20.5. The van der Waals surface area contributed by atoms with Crippen LogP contribution in [0.15, 0.2) is 85.6 Å². The Bertz CT molecular complexity index is 2360. The third-order valence-electron chi connectivity index (χ3n) is 9.76. The van der Waals surface area contributed by atoms with Gasteiger partial charge in [-0.3, -0.25) is 0 Å². The number of imidazole rings is 2. The second-order valence-corrected chi connectivity index (χ2v) is 13.3. The molecule has 0 bridgehead atoms. The SMILES string of the molecule is OCCc1cn2nc(-c3cnc(N4CCOCC4)nc3)ccc2n1.c1ccc(C2OCCc3nc4ccc(-c5cnc(N6CCOCC6)nc5)nn4c32)cc1. The molecule has 9 heterocycles. The fourth-order valence-corrected chi connectivity index (χ4v) is 6.91. The summed E-state index contributed by atoms with van der Waals surface area (Å²) in [7, 11) is 0. The molecule has 0 radical (unpaired) electrons. The van der Waals surface area contributed by atoms with Crippen molar-refractivity contribution >= 4 is 23.2 Å². The normalized spacial score (nSPS) is 17.2. The summed E-state index contributed by atoms with van der Waals surface area (Å²) in [5, 5.41) is 18.5. The highest BCUT2D eigenvalue weighted by atomic mass is 16.5. The lowest BCUT2D eigenvalue weighted by atomic mass is 10.0. The Morgan fingerprint density at radius 1 is 0.655 bits per heavy atom. The lowest BCUT2D eigenvalue weighted by Gasteiger charge is -2.26. The average Bonchev–Trinajstić information content (AvgIpc) is 3.85. The Morgan fingerprint density at radius 2 is 1.25 bits per heavy atom. The lowest BCUT2D eigenvalue weighted by molar-refractivity contribution is 0.0647. The Balaban J connectivity index is 0.000000149. The molecule has 2 fully saturated rings. The maximum absolute atomic E-state index is 9.01. The van der Waals surface area contributed by atoms with Gasteiger partial charge >= 0.3 is 0 Å². The maximum atomic E-state index is 9.01. The number of aliphatic hydroxyl groups is 1. The first kappa shape index (κ1) is 34.8. The number of aliphatic hydroxyl groups excluding tert-OH is 1. The van der Waals surface area contributed by atoms with Gasteiger partial charge in [0.2, 0.25) is 11.9 Å². The lowest BCUT2D eigenvalue weighted by Crippen LogP contribution is -2.37. The topological polar surface area (TPSA) is 166 Å². The molecule has 1 aromatic carbocycles. The molecule has 1 N–H and O–H groups in total. The molecule has 16 heteroatoms. The van der Waals surface area contributed by atoms with E-state index in [2.05, 4.69) is 52.0 Å². The van der Waals surface area contributed by atoms with Crippen LogP contribution in [-0.2, 0) is 27.1 Å². The molecule has 3 aliphatic rings. The van der Waals surface area contributed by atoms with Crippen LogP contribution in [0, 0.1) is 0 Å². The number of aromatic nitrogens is 10. The zero-order valence-electron chi connectivity index (χ0n) is 30.2. The van der Waals surface area contributed by atoms with Gasteiger partial charge in [-0.1, -0.05) is 30.3 Å². The molecule has 7 aromatic rings. The van der Waals surface area contributed by atoms with E-state index in [0.29, 0.717) is 39.5 Å². The molecular weight excluding hydrogens is 701 g/mol. The minimum absolute atomic E-state index is 0.0770. The third kappa shape index (κ3) is 7.44. The van der Waals surface area contributed by atoms with Crippen molar-refractivity contribution in [1.82, 2.24) is 49.1 Å². The van der Waals surface area contributed by atoms with Crippen molar-refractivity contribution in [3.63, 3.8) is 0 Å². The highest BCUT2D eigenvalue weighted by Gasteiger charge is 2.29. The van der Waals surface area contributed by atoms with Crippen LogP contribution in [-0.4, -0.2) is 120 Å². The van der Waals surface area contributed by atoms with E-state index in [9.17, 15) is 0 Å². The molecule has 2 saturated heterocycles. The first-order chi connectivity index (χ1) is 27.2. The van der Waals surface area contributed by atoms with E-state index in [1.807, 2.05) is 65.6 Å². The Labute approximate surface area is 316 Å². The molecule has 0 spiro atoms. The summed E-state index contributed by atoms with van der Waals surface area (Å²) in [5.74, 6) is 1.45. The summed E-state index contributed by atoms with van der Waals surface area (Å²) in [6.07, 6.45) is 10.2. The smallest absolute Gasteiger partial charge is 0.225 e. The molecule has 1 unspecified atom stereocenters. The number of anilines is 2. The number of benzene rings is 1. The minimum atomic E-state index is -0.178. The average molecular weight is 741 g/mol. The number of fused-ring (bicyclic) bond motifs is 4. The Morgan fingerprint density at radius 3 is 1.87 bits per heavy atom. The number of morpholine rings is 2. The first-order valence-corrected chi connectivity index (χ1v) is 18.5. The van der Waals surface area contributed by atoms with Crippen LogP contribution in [0.5, 0.6) is 0 Å². The van der Waals surface area contributed by atoms with Crippen LogP contribution in [0.25, 0.3) is 33.8 Å². The van der Waals surface area contributed by atoms with E-state index in [-0.39, 0.29) is 12.7 Å². The fraction of sp³-hybridized carbons (Fsp3) is 0.333. The molecule has 16 nitrogen and oxygen atoms in total. The second-order valence-electron chi connectivity index (χ2n) is 13.3. The van der Waals surface area contributed by atoms with Crippen LogP contribution in [0.3, 0.4) is 0 Å². The molecule has 55 heavy (non-hydrogen) atoms. The van der Waals surface area contributed by atoms with E-state index in [1.165, 1.54) is 0 Å². The van der Waals surface area contributed by atoms with E-state index in [0.717, 1.165) is 101 Å². The van der Waals surface area contributed by atoms with Crippen molar-refractivity contribution < 1.29 is 19.3 Å². The van der Waals surface area contributed by atoms with Gasteiger partial charge in [0.15, 0.2) is 11.3 Å². The van der Waals surface area contributed by atoms with Gasteiger partial charge in [-0.2, -0.15) is 10.2 Å². The van der Waals surface area contributed by atoms with Crippen LogP contribution in [0.4, 0.5) is 11.9 Å². The van der Waals surface area contributed by atoms with Crippen molar-refractivity contribution in [3.05, 3.63) is 108 Å². The highest BCUT2D eigenvalue weighted by molar-refractivity contribution is 5.61.